The highest BCUT2D eigenvalue weighted by Gasteiger charge is 2.30. The lowest BCUT2D eigenvalue weighted by molar-refractivity contribution is -0.147. The fourth-order valence-electron chi connectivity index (χ4n) is 4.55. The van der Waals surface area contributed by atoms with Gasteiger partial charge in [-0.2, -0.15) is 0 Å². The van der Waals surface area contributed by atoms with E-state index in [1.54, 1.807) is 13.8 Å². The number of carboxylic acids is 1. The van der Waals surface area contributed by atoms with Gasteiger partial charge in [0, 0.05) is 12.5 Å². The zero-order valence-electron chi connectivity index (χ0n) is 21.4. The van der Waals surface area contributed by atoms with Crippen molar-refractivity contribution in [2.24, 2.45) is 5.92 Å². The molecule has 4 rings (SSSR count). The molecule has 198 valence electrons. The second-order valence-electron chi connectivity index (χ2n) is 9.43. The minimum absolute atomic E-state index is 0.00585. The fraction of sp³-hybridized carbons (Fsp3) is 0.300. The molecule has 0 saturated carbocycles. The van der Waals surface area contributed by atoms with Crippen LogP contribution in [-0.4, -0.2) is 48.4 Å². The molecular formula is C30H32N2O6. The Morgan fingerprint density at radius 2 is 1.45 bits per heavy atom. The van der Waals surface area contributed by atoms with E-state index in [1.807, 2.05) is 66.7 Å². The summed E-state index contributed by atoms with van der Waals surface area (Å²) in [6.07, 6.45) is -1.40. The molecule has 3 aromatic carbocycles. The highest BCUT2D eigenvalue weighted by Crippen LogP contribution is 2.44. The van der Waals surface area contributed by atoms with E-state index in [0.29, 0.717) is 0 Å². The summed E-state index contributed by atoms with van der Waals surface area (Å²) in [5.74, 6) is -2.46. The first kappa shape index (κ1) is 26.9. The Balaban J connectivity index is 1.25. The Kier molecular flexibility index (Phi) is 8.76. The number of hydrogen-bond donors (Lipinski definition) is 3. The third-order valence-corrected chi connectivity index (χ3v) is 6.73. The molecule has 3 aromatic rings. The van der Waals surface area contributed by atoms with Gasteiger partial charge in [0.15, 0.2) is 6.04 Å². The van der Waals surface area contributed by atoms with Crippen LogP contribution in [0.3, 0.4) is 0 Å². The van der Waals surface area contributed by atoms with E-state index < -0.39 is 36.0 Å². The molecule has 3 N–H and O–H groups in total. The van der Waals surface area contributed by atoms with E-state index in [4.69, 9.17) is 9.47 Å². The average molecular weight is 517 g/mol. The van der Waals surface area contributed by atoms with Crippen molar-refractivity contribution in [2.45, 2.75) is 38.5 Å². The number of carboxylic acid groups (broad SMARTS) is 1. The molecule has 1 unspecified atom stereocenters. The van der Waals surface area contributed by atoms with Crippen molar-refractivity contribution in [1.82, 2.24) is 10.6 Å². The molecule has 0 bridgehead atoms. The van der Waals surface area contributed by atoms with Crippen LogP contribution < -0.4 is 10.6 Å². The van der Waals surface area contributed by atoms with Gasteiger partial charge >= 0.3 is 12.1 Å². The largest absolute Gasteiger partial charge is 0.480 e. The highest BCUT2D eigenvalue weighted by atomic mass is 16.5. The van der Waals surface area contributed by atoms with Gasteiger partial charge in [0.2, 0.25) is 5.91 Å². The van der Waals surface area contributed by atoms with Crippen LogP contribution in [0.15, 0.2) is 78.9 Å². The summed E-state index contributed by atoms with van der Waals surface area (Å²) in [5.41, 5.74) is 5.39. The van der Waals surface area contributed by atoms with Gasteiger partial charge in [-0.1, -0.05) is 85.8 Å². The molecule has 1 aliphatic rings. The van der Waals surface area contributed by atoms with Crippen molar-refractivity contribution in [2.75, 3.05) is 13.2 Å². The molecule has 2 amide bonds. The van der Waals surface area contributed by atoms with Gasteiger partial charge in [-0.15, -0.1) is 0 Å². The van der Waals surface area contributed by atoms with E-state index in [0.717, 1.165) is 27.8 Å². The maximum atomic E-state index is 12.7. The van der Waals surface area contributed by atoms with E-state index >= 15 is 0 Å². The van der Waals surface area contributed by atoms with E-state index in [-0.39, 0.29) is 25.7 Å². The molecule has 0 heterocycles. The standard InChI is InChI=1S/C30H32N2O6/c1-19(28(33)32-27(29(34)35)20(2)37-17-21-10-4-3-5-11-21)16-31-30(36)38-18-26-24-14-8-6-12-22(24)23-13-7-9-15-25(23)26/h3-15,19-20,26-27H,16-18H2,1-2H3,(H,31,36)(H,32,33)(H,34,35)/t19?,20-,27+/m0/s1. The lowest BCUT2D eigenvalue weighted by Gasteiger charge is -2.23. The van der Waals surface area contributed by atoms with Crippen LogP contribution in [-0.2, 0) is 25.7 Å². The van der Waals surface area contributed by atoms with E-state index in [2.05, 4.69) is 22.8 Å². The number of nitrogens with one attached hydrogen (secondary N) is 2. The molecule has 8 heteroatoms. The molecule has 0 saturated heterocycles. The topological polar surface area (TPSA) is 114 Å². The van der Waals surface area contributed by atoms with Crippen LogP contribution in [0.1, 0.15) is 36.5 Å². The first-order chi connectivity index (χ1) is 18.3. The number of alkyl carbamates (subject to hydrolysis) is 1. The molecule has 8 nitrogen and oxygen atoms in total. The van der Waals surface area contributed by atoms with Crippen LogP contribution in [0.2, 0.25) is 0 Å². The maximum Gasteiger partial charge on any atom is 0.407 e. The van der Waals surface area contributed by atoms with Crippen molar-refractivity contribution in [3.8, 4) is 11.1 Å². The third kappa shape index (κ3) is 6.39. The van der Waals surface area contributed by atoms with Crippen LogP contribution in [0.5, 0.6) is 0 Å². The van der Waals surface area contributed by atoms with Crippen molar-refractivity contribution in [3.63, 3.8) is 0 Å². The number of carbonyl (C=O) groups is 3. The second kappa shape index (κ2) is 12.4. The third-order valence-electron chi connectivity index (χ3n) is 6.73. The minimum Gasteiger partial charge on any atom is -0.480 e. The molecule has 0 spiro atoms. The van der Waals surface area contributed by atoms with Crippen LogP contribution in [0, 0.1) is 5.92 Å². The van der Waals surface area contributed by atoms with Crippen LogP contribution in [0.25, 0.3) is 11.1 Å². The van der Waals surface area contributed by atoms with Crippen molar-refractivity contribution in [1.29, 1.82) is 0 Å². The Morgan fingerprint density at radius 1 is 0.868 bits per heavy atom. The number of benzene rings is 3. The van der Waals surface area contributed by atoms with Crippen LogP contribution in [0.4, 0.5) is 4.79 Å². The van der Waals surface area contributed by atoms with Gasteiger partial charge in [0.25, 0.3) is 0 Å². The minimum atomic E-state index is -1.23. The predicted octanol–water partition coefficient (Wildman–Crippen LogP) is 4.34. The highest BCUT2D eigenvalue weighted by molar-refractivity contribution is 5.85. The number of hydrogen-bond acceptors (Lipinski definition) is 5. The molecule has 3 atom stereocenters. The number of ether oxygens (including phenoxy) is 2. The van der Waals surface area contributed by atoms with E-state index in [1.165, 1.54) is 0 Å². The zero-order chi connectivity index (χ0) is 27.1. The maximum absolute atomic E-state index is 12.7. The SMILES string of the molecule is CC(CNC(=O)OCC1c2ccccc2-c2ccccc21)C(=O)N[C@@H](C(=O)O)[C@H](C)OCc1ccccc1. The number of carbonyl (C=O) groups excluding carboxylic acids is 2. The van der Waals surface area contributed by atoms with Gasteiger partial charge in [-0.3, -0.25) is 4.79 Å². The van der Waals surface area contributed by atoms with Crippen molar-refractivity contribution in [3.05, 3.63) is 95.6 Å². The average Bonchev–Trinajstić information content (AvgIpc) is 3.26. The normalized spacial score (nSPS) is 14.5. The Labute approximate surface area is 222 Å². The fourth-order valence-corrected chi connectivity index (χ4v) is 4.55. The molecule has 0 aromatic heterocycles. The van der Waals surface area contributed by atoms with Gasteiger partial charge in [-0.05, 0) is 34.7 Å². The van der Waals surface area contributed by atoms with E-state index in [9.17, 15) is 19.5 Å². The Morgan fingerprint density at radius 3 is 2.05 bits per heavy atom. The lowest BCUT2D eigenvalue weighted by Crippen LogP contribution is -2.51. The number of amides is 2. The monoisotopic (exact) mass is 516 g/mol. The molecule has 1 aliphatic carbocycles. The summed E-state index contributed by atoms with van der Waals surface area (Å²) >= 11 is 0. The first-order valence-electron chi connectivity index (χ1n) is 12.6. The molecule has 0 fully saturated rings. The summed E-state index contributed by atoms with van der Waals surface area (Å²) in [4.78, 5) is 36.9. The predicted molar refractivity (Wildman–Crippen MR) is 142 cm³/mol. The van der Waals surface area contributed by atoms with Crippen molar-refractivity contribution < 1.29 is 29.0 Å². The summed E-state index contributed by atoms with van der Waals surface area (Å²) in [7, 11) is 0. The van der Waals surface area contributed by atoms with Gasteiger partial charge in [0.05, 0.1) is 18.6 Å². The smallest absolute Gasteiger partial charge is 0.407 e. The lowest BCUT2D eigenvalue weighted by atomic mass is 9.98. The number of fused-ring (bicyclic) bond motifs is 3. The molecule has 0 radical (unpaired) electrons. The second-order valence-corrected chi connectivity index (χ2v) is 9.43. The summed E-state index contributed by atoms with van der Waals surface area (Å²) in [6, 6.07) is 24.2. The Bertz CT molecular complexity index is 1230. The van der Waals surface area contributed by atoms with Crippen molar-refractivity contribution >= 4 is 18.0 Å². The summed E-state index contributed by atoms with van der Waals surface area (Å²) in [6.45, 7) is 3.58. The Hall–Kier alpha value is -4.17. The number of rotatable bonds is 11. The summed E-state index contributed by atoms with van der Waals surface area (Å²) in [5, 5.41) is 14.8. The van der Waals surface area contributed by atoms with Gasteiger partial charge in [0.1, 0.15) is 6.61 Å². The quantitative estimate of drug-likeness (QED) is 0.350. The molecule has 0 aliphatic heterocycles. The van der Waals surface area contributed by atoms with Gasteiger partial charge in [-0.25, -0.2) is 9.59 Å². The van der Waals surface area contributed by atoms with Crippen LogP contribution >= 0.6 is 0 Å². The number of aliphatic carboxylic acids is 1. The zero-order valence-corrected chi connectivity index (χ0v) is 21.4. The van der Waals surface area contributed by atoms with Gasteiger partial charge < -0.3 is 25.2 Å². The first-order valence-corrected chi connectivity index (χ1v) is 12.6. The molecular weight excluding hydrogens is 484 g/mol. The summed E-state index contributed by atoms with van der Waals surface area (Å²) < 4.78 is 11.2. The molecule has 38 heavy (non-hydrogen) atoms.